The largest absolute Gasteiger partial charge is 1.00 e. The number of carboxylic acids is 4. The number of benzene rings is 3. The zero-order valence-corrected chi connectivity index (χ0v) is 43.0. The normalized spacial score (nSPS) is 10.2. The molecule has 0 aliphatic heterocycles. The predicted octanol–water partition coefficient (Wildman–Crippen LogP) is -9.88. The van der Waals surface area contributed by atoms with Crippen LogP contribution in [0.1, 0.15) is 5.56 Å². The van der Waals surface area contributed by atoms with Crippen molar-refractivity contribution < 1.29 is 244 Å². The molecule has 3 aromatic carbocycles. The Morgan fingerprint density at radius 2 is 1.10 bits per heavy atom. The average molecular weight is 934 g/mol. The topological polar surface area (TPSA) is 347 Å². The molecule has 0 spiro atoms. The Morgan fingerprint density at radius 3 is 1.50 bits per heavy atom. The third kappa shape index (κ3) is 27.4. The number of ether oxygens (including phenoxy) is 2. The van der Waals surface area contributed by atoms with Crippen molar-refractivity contribution in [3.63, 3.8) is 0 Å². The van der Waals surface area contributed by atoms with Gasteiger partial charge in [-0.3, -0.25) is 33.5 Å². The van der Waals surface area contributed by atoms with Crippen LogP contribution >= 0.6 is 0 Å². The summed E-state index contributed by atoms with van der Waals surface area (Å²) >= 11 is 0. The second kappa shape index (κ2) is 35.9. The van der Waals surface area contributed by atoms with E-state index in [9.17, 15) is 42.4 Å². The standard InChI is InChI=1S/C17H14N2O5S.C14H24N2O10.CN.ClH.3K.H2O/c1-10-6-7-14(20)13(8-10)18-19-17-12-5-3-2-4-11(12)16(9-15(17)21)25(22,23)24;17-11(18)7-15(8-12(19)20)1-3-25-5-6-26-4-2-16(9-13(21)22)10-14(23)24;1-2;;;;;/h2-9,20-21H,1H3,(H,22,23,24);1-10H2,(H,17,18)(H,19,20)(H,21,22)(H,23,24);;1H;;;;1H2/q;;-1;;3*+1;/p-2. The van der Waals surface area contributed by atoms with Crippen molar-refractivity contribution in [2.75, 3.05) is 65.7 Å². The van der Waals surface area contributed by atoms with Crippen LogP contribution in [0.2, 0.25) is 0 Å². The molecule has 0 atom stereocenters. The van der Waals surface area contributed by atoms with Crippen molar-refractivity contribution >= 4 is 56.1 Å². The van der Waals surface area contributed by atoms with Gasteiger partial charge in [0.1, 0.15) is 27.8 Å². The van der Waals surface area contributed by atoms with Crippen molar-refractivity contribution in [3.8, 4) is 11.5 Å². The van der Waals surface area contributed by atoms with Crippen LogP contribution in [0.5, 0.6) is 11.5 Å². The Labute approximate surface area is 467 Å². The van der Waals surface area contributed by atoms with Gasteiger partial charge in [-0.25, -0.2) is 0 Å². The molecular weight excluding hydrogens is 895 g/mol. The summed E-state index contributed by atoms with van der Waals surface area (Å²) in [7, 11) is -4.52. The molecule has 21 nitrogen and oxygen atoms in total. The number of hydrogen-bond acceptors (Lipinski definition) is 16. The molecule has 0 saturated carbocycles. The molecule has 8 N–H and O–H groups in total. The van der Waals surface area contributed by atoms with Gasteiger partial charge in [0.05, 0.1) is 52.6 Å². The van der Waals surface area contributed by atoms with E-state index in [1.54, 1.807) is 30.3 Å². The van der Waals surface area contributed by atoms with Gasteiger partial charge in [0, 0.05) is 29.9 Å². The summed E-state index contributed by atoms with van der Waals surface area (Å²) in [6.07, 6.45) is 0. The molecule has 0 amide bonds. The van der Waals surface area contributed by atoms with E-state index in [-0.39, 0.29) is 234 Å². The summed E-state index contributed by atoms with van der Waals surface area (Å²) < 4.78 is 42.8. The number of aryl methyl sites for hydroxylation is 1. The van der Waals surface area contributed by atoms with E-state index in [1.807, 2.05) is 6.92 Å². The molecule has 0 radical (unpaired) electrons. The minimum atomic E-state index is -4.52. The van der Waals surface area contributed by atoms with Crippen LogP contribution in [0, 0.1) is 18.8 Å². The van der Waals surface area contributed by atoms with Gasteiger partial charge < -0.3 is 69.8 Å². The van der Waals surface area contributed by atoms with Crippen LogP contribution in [0.25, 0.3) is 10.8 Å². The number of aromatic hydroxyl groups is 2. The molecule has 304 valence electrons. The fourth-order valence-electron chi connectivity index (χ4n) is 4.35. The summed E-state index contributed by atoms with van der Waals surface area (Å²) in [6.45, 7) is 5.79. The molecule has 3 rings (SSSR count). The molecule has 3 aromatic rings. The van der Waals surface area contributed by atoms with Gasteiger partial charge in [0.15, 0.2) is 0 Å². The van der Waals surface area contributed by atoms with Gasteiger partial charge in [0.2, 0.25) is 0 Å². The molecule has 0 aromatic heterocycles. The molecule has 26 heteroatoms. The van der Waals surface area contributed by atoms with Gasteiger partial charge in [0.25, 0.3) is 10.1 Å². The zero-order chi connectivity index (χ0) is 40.1. The molecule has 0 fully saturated rings. The second-order valence-electron chi connectivity index (χ2n) is 10.7. The van der Waals surface area contributed by atoms with Crippen molar-refractivity contribution in [1.29, 1.82) is 5.26 Å². The van der Waals surface area contributed by atoms with Gasteiger partial charge >= 0.3 is 178 Å². The van der Waals surface area contributed by atoms with E-state index in [4.69, 9.17) is 41.7 Å². The monoisotopic (exact) mass is 933 g/mol. The summed E-state index contributed by atoms with van der Waals surface area (Å²) in [6, 6.07) is 12.0. The van der Waals surface area contributed by atoms with Gasteiger partial charge in [-0.05, 0) is 24.6 Å². The van der Waals surface area contributed by atoms with Crippen molar-refractivity contribution in [2.24, 2.45) is 10.2 Å². The van der Waals surface area contributed by atoms with E-state index in [0.717, 1.165) is 11.6 Å². The number of hydrogen-bond donors (Lipinski definition) is 7. The van der Waals surface area contributed by atoms with Crippen molar-refractivity contribution in [1.82, 2.24) is 9.80 Å². The van der Waals surface area contributed by atoms with Crippen LogP contribution in [-0.4, -0.2) is 148 Å². The van der Waals surface area contributed by atoms with Gasteiger partial charge in [-0.2, -0.15) is 8.42 Å². The first kappa shape index (κ1) is 66.5. The van der Waals surface area contributed by atoms with Crippen LogP contribution in [0.15, 0.2) is 63.7 Å². The number of azo groups is 1. The van der Waals surface area contributed by atoms with Crippen molar-refractivity contribution in [3.05, 3.63) is 60.7 Å². The number of fused-ring (bicyclic) bond motifs is 1. The third-order valence-electron chi connectivity index (χ3n) is 6.54. The molecule has 58 heavy (non-hydrogen) atoms. The molecule has 0 aliphatic carbocycles. The first-order chi connectivity index (χ1) is 25.0. The molecule has 0 bridgehead atoms. The maximum absolute atomic E-state index is 11.5. The molecule has 0 aliphatic rings. The fraction of sp³-hybridized carbons (Fsp3) is 0.344. The number of carboxylic acid groups (broad SMARTS) is 4. The molecule has 0 saturated heterocycles. The first-order valence-electron chi connectivity index (χ1n) is 15.1. The van der Waals surface area contributed by atoms with E-state index < -0.39 is 70.8 Å². The maximum atomic E-state index is 11.5. The number of phenols is 2. The van der Waals surface area contributed by atoms with Crippen LogP contribution < -0.4 is 167 Å². The van der Waals surface area contributed by atoms with E-state index in [2.05, 4.69) is 10.2 Å². The number of carbonyl (C=O) groups is 4. The third-order valence-corrected chi connectivity index (χ3v) is 7.43. The Hall–Kier alpha value is -0.601. The van der Waals surface area contributed by atoms with E-state index in [0.29, 0.717) is 5.39 Å². The first-order valence-corrected chi connectivity index (χ1v) is 16.5. The number of halogens is 1. The number of phenolic OH excluding ortho intramolecular Hbond substituents is 2. The summed E-state index contributed by atoms with van der Waals surface area (Å²) in [5.41, 5.74) is 1.11. The average Bonchev–Trinajstić information content (AvgIpc) is 3.06. The van der Waals surface area contributed by atoms with Crippen LogP contribution in [0.4, 0.5) is 11.4 Å². The Balaban J connectivity index is -0.000000286. The summed E-state index contributed by atoms with van der Waals surface area (Å²) in [5, 5.41) is 69.3. The SMILES string of the molecule is Cc1ccc(O)c(N=Nc2c(O)cc(S(=O)(=O)O)c3ccccc23)c1.O=C(O)CN(CCOCCOCCN(CC(=O)O)CC(=O)O)CC(=O)O.[C-]#N.[Cl-].[K+].[K+].[K+].[OH-]. The Kier molecular flexibility index (Phi) is 41.2. The Morgan fingerprint density at radius 1 is 0.690 bits per heavy atom. The van der Waals surface area contributed by atoms with E-state index >= 15 is 0 Å². The quantitative estimate of drug-likeness (QED) is 0.0182. The van der Waals surface area contributed by atoms with Gasteiger partial charge in [-0.15, -0.1) is 10.2 Å². The Bertz CT molecular complexity index is 1820. The minimum absolute atomic E-state index is 0. The maximum Gasteiger partial charge on any atom is 1.00 e. The van der Waals surface area contributed by atoms with Gasteiger partial charge in [-0.1, -0.05) is 30.3 Å². The number of aliphatic carboxylic acids is 4. The zero-order valence-electron chi connectivity index (χ0n) is 32.1. The molecular formula is C32H39ClK3N5O16S. The van der Waals surface area contributed by atoms with Crippen molar-refractivity contribution in [2.45, 2.75) is 11.8 Å². The summed E-state index contributed by atoms with van der Waals surface area (Å²) in [5.74, 6) is -5.08. The smallest absolute Gasteiger partial charge is 1.00 e. The number of nitrogens with zero attached hydrogens (tertiary/aromatic N) is 5. The van der Waals surface area contributed by atoms with Crippen LogP contribution in [-0.2, 0) is 38.8 Å². The fourth-order valence-corrected chi connectivity index (χ4v) is 5.07. The summed E-state index contributed by atoms with van der Waals surface area (Å²) in [4.78, 5) is 44.5. The van der Waals surface area contributed by atoms with E-state index in [1.165, 1.54) is 21.9 Å². The second-order valence-corrected chi connectivity index (χ2v) is 12.1. The molecule has 0 unspecified atom stereocenters. The predicted molar refractivity (Wildman–Crippen MR) is 184 cm³/mol. The number of rotatable bonds is 20. The minimum Gasteiger partial charge on any atom is -1.00 e. The molecule has 0 heterocycles. The van der Waals surface area contributed by atoms with Crippen LogP contribution in [0.3, 0.4) is 0 Å².